The number of aliphatic hydroxyl groups is 1. The summed E-state index contributed by atoms with van der Waals surface area (Å²) in [5, 5.41) is 13.4. The summed E-state index contributed by atoms with van der Waals surface area (Å²) in [6, 6.07) is 9.87. The zero-order chi connectivity index (χ0) is 13.9. The molecule has 1 aliphatic rings. The van der Waals surface area contributed by atoms with Gasteiger partial charge in [0.1, 0.15) is 6.10 Å². The molecule has 0 spiro atoms. The number of rotatable bonds is 5. The maximum atomic E-state index is 9.34. The molecule has 1 aliphatic carbocycles. The van der Waals surface area contributed by atoms with E-state index in [1.165, 1.54) is 0 Å². The van der Waals surface area contributed by atoms with Gasteiger partial charge in [-0.1, -0.05) is 35.5 Å². The fraction of sp³-hybridized carbons (Fsp3) is 0.467. The van der Waals surface area contributed by atoms with Crippen LogP contribution >= 0.6 is 0 Å². The van der Waals surface area contributed by atoms with Gasteiger partial charge >= 0.3 is 0 Å². The van der Waals surface area contributed by atoms with Gasteiger partial charge in [-0.25, -0.2) is 0 Å². The van der Waals surface area contributed by atoms with Gasteiger partial charge in [-0.15, -0.1) is 0 Å². The third kappa shape index (κ3) is 2.59. The molecule has 20 heavy (non-hydrogen) atoms. The van der Waals surface area contributed by atoms with E-state index in [0.717, 1.165) is 5.56 Å². The lowest BCUT2D eigenvalue weighted by Gasteiger charge is -2.27. The van der Waals surface area contributed by atoms with Crippen molar-refractivity contribution in [1.82, 2.24) is 10.1 Å². The SMILES string of the molecule is CCOC(c1ccccc1)c1noc(C2CC(O)C2)n1. The van der Waals surface area contributed by atoms with Crippen molar-refractivity contribution in [3.05, 3.63) is 47.6 Å². The van der Waals surface area contributed by atoms with E-state index in [0.29, 0.717) is 31.2 Å². The van der Waals surface area contributed by atoms with Crippen molar-refractivity contribution < 1.29 is 14.4 Å². The average Bonchev–Trinajstić information content (AvgIpc) is 2.91. The maximum Gasteiger partial charge on any atom is 0.230 e. The number of nitrogens with zero attached hydrogens (tertiary/aromatic N) is 2. The third-order valence-electron chi connectivity index (χ3n) is 3.59. The van der Waals surface area contributed by atoms with E-state index in [1.54, 1.807) is 0 Å². The Hall–Kier alpha value is -1.72. The van der Waals surface area contributed by atoms with E-state index in [4.69, 9.17) is 9.26 Å². The number of aromatic nitrogens is 2. The number of hydrogen-bond acceptors (Lipinski definition) is 5. The molecule has 106 valence electrons. The van der Waals surface area contributed by atoms with E-state index in [9.17, 15) is 5.11 Å². The molecule has 1 N–H and O–H groups in total. The molecular weight excluding hydrogens is 256 g/mol. The normalized spacial score (nSPS) is 23.3. The first-order chi connectivity index (χ1) is 9.78. The second kappa shape index (κ2) is 5.73. The molecule has 3 rings (SSSR count). The van der Waals surface area contributed by atoms with Crippen LogP contribution in [-0.2, 0) is 4.74 Å². The lowest BCUT2D eigenvalue weighted by molar-refractivity contribution is 0.0624. The molecule has 1 aromatic carbocycles. The van der Waals surface area contributed by atoms with Gasteiger partial charge < -0.3 is 14.4 Å². The average molecular weight is 274 g/mol. The quantitative estimate of drug-likeness (QED) is 0.907. The first kappa shape index (κ1) is 13.3. The van der Waals surface area contributed by atoms with Crippen LogP contribution in [0, 0.1) is 0 Å². The Balaban J connectivity index is 1.81. The lowest BCUT2D eigenvalue weighted by atomic mass is 9.82. The van der Waals surface area contributed by atoms with E-state index >= 15 is 0 Å². The highest BCUT2D eigenvalue weighted by Crippen LogP contribution is 2.36. The van der Waals surface area contributed by atoms with Gasteiger partial charge in [0.05, 0.1) is 6.10 Å². The molecule has 0 amide bonds. The summed E-state index contributed by atoms with van der Waals surface area (Å²) < 4.78 is 11.1. The van der Waals surface area contributed by atoms with Gasteiger partial charge in [0, 0.05) is 12.5 Å². The Kier molecular flexibility index (Phi) is 3.80. The maximum absolute atomic E-state index is 9.34. The van der Waals surface area contributed by atoms with Crippen LogP contribution < -0.4 is 0 Å². The van der Waals surface area contributed by atoms with Crippen LogP contribution in [0.3, 0.4) is 0 Å². The van der Waals surface area contributed by atoms with E-state index in [1.807, 2.05) is 37.3 Å². The molecule has 5 nitrogen and oxygen atoms in total. The first-order valence-corrected chi connectivity index (χ1v) is 6.96. The molecule has 0 radical (unpaired) electrons. The van der Waals surface area contributed by atoms with Crippen molar-refractivity contribution in [3.63, 3.8) is 0 Å². The molecule has 1 atom stereocenters. The summed E-state index contributed by atoms with van der Waals surface area (Å²) in [5.74, 6) is 1.34. The molecule has 2 aromatic rings. The van der Waals surface area contributed by atoms with Crippen LogP contribution in [0.5, 0.6) is 0 Å². The molecular formula is C15H18N2O3. The van der Waals surface area contributed by atoms with Crippen molar-refractivity contribution in [1.29, 1.82) is 0 Å². The summed E-state index contributed by atoms with van der Waals surface area (Å²) >= 11 is 0. The second-order valence-corrected chi connectivity index (χ2v) is 5.06. The van der Waals surface area contributed by atoms with Crippen molar-refractivity contribution in [3.8, 4) is 0 Å². The summed E-state index contributed by atoms with van der Waals surface area (Å²) in [4.78, 5) is 4.45. The topological polar surface area (TPSA) is 68.4 Å². The molecule has 5 heteroatoms. The van der Waals surface area contributed by atoms with Gasteiger partial charge in [0.2, 0.25) is 11.7 Å². The van der Waals surface area contributed by atoms with Gasteiger partial charge in [0.25, 0.3) is 0 Å². The van der Waals surface area contributed by atoms with Gasteiger partial charge in [-0.3, -0.25) is 0 Å². The molecule has 1 unspecified atom stereocenters. The number of hydrogen-bond donors (Lipinski definition) is 1. The monoisotopic (exact) mass is 274 g/mol. The standard InChI is InChI=1S/C15H18N2O3/c1-2-19-13(10-6-4-3-5-7-10)14-16-15(20-17-14)11-8-12(18)9-11/h3-7,11-13,18H,2,8-9H2,1H3. The Morgan fingerprint density at radius 2 is 2.10 bits per heavy atom. The minimum absolute atomic E-state index is 0.185. The molecule has 0 saturated heterocycles. The fourth-order valence-electron chi connectivity index (χ4n) is 2.42. The zero-order valence-corrected chi connectivity index (χ0v) is 11.4. The van der Waals surface area contributed by atoms with Crippen LogP contribution in [0.25, 0.3) is 0 Å². The lowest BCUT2D eigenvalue weighted by Crippen LogP contribution is -2.26. The number of aliphatic hydroxyl groups excluding tert-OH is 1. The second-order valence-electron chi connectivity index (χ2n) is 5.06. The van der Waals surface area contributed by atoms with Crippen LogP contribution in [0.4, 0.5) is 0 Å². The minimum atomic E-state index is -0.302. The van der Waals surface area contributed by atoms with E-state index in [2.05, 4.69) is 10.1 Å². The Morgan fingerprint density at radius 3 is 2.75 bits per heavy atom. The fourth-order valence-corrected chi connectivity index (χ4v) is 2.42. The highest BCUT2D eigenvalue weighted by atomic mass is 16.5. The predicted molar refractivity (Wildman–Crippen MR) is 72.2 cm³/mol. The van der Waals surface area contributed by atoms with Crippen molar-refractivity contribution >= 4 is 0 Å². The van der Waals surface area contributed by atoms with Crippen LogP contribution in [0.15, 0.2) is 34.9 Å². The largest absolute Gasteiger partial charge is 0.393 e. The molecule has 1 aromatic heterocycles. The van der Waals surface area contributed by atoms with Crippen LogP contribution in [-0.4, -0.2) is 28.0 Å². The van der Waals surface area contributed by atoms with Gasteiger partial charge in [-0.2, -0.15) is 4.98 Å². The van der Waals surface area contributed by atoms with E-state index < -0.39 is 0 Å². The summed E-state index contributed by atoms with van der Waals surface area (Å²) in [7, 11) is 0. The molecule has 0 aliphatic heterocycles. The summed E-state index contributed by atoms with van der Waals surface area (Å²) in [6.07, 6.45) is 0.870. The smallest absolute Gasteiger partial charge is 0.230 e. The molecule has 1 heterocycles. The Labute approximate surface area is 117 Å². The summed E-state index contributed by atoms with van der Waals surface area (Å²) in [5.41, 5.74) is 1.01. The molecule has 1 fully saturated rings. The van der Waals surface area contributed by atoms with Gasteiger partial charge in [-0.05, 0) is 25.3 Å². The van der Waals surface area contributed by atoms with Gasteiger partial charge in [0.15, 0.2) is 0 Å². The van der Waals surface area contributed by atoms with Crippen LogP contribution in [0.2, 0.25) is 0 Å². The van der Waals surface area contributed by atoms with Crippen molar-refractivity contribution in [2.75, 3.05) is 6.61 Å². The van der Waals surface area contributed by atoms with E-state index in [-0.39, 0.29) is 18.1 Å². The Morgan fingerprint density at radius 1 is 1.35 bits per heavy atom. The van der Waals surface area contributed by atoms with Crippen molar-refractivity contribution in [2.24, 2.45) is 0 Å². The third-order valence-corrected chi connectivity index (χ3v) is 3.59. The van der Waals surface area contributed by atoms with Crippen molar-refractivity contribution in [2.45, 2.75) is 37.9 Å². The first-order valence-electron chi connectivity index (χ1n) is 6.96. The minimum Gasteiger partial charge on any atom is -0.393 e. The number of benzene rings is 1. The Bertz CT molecular complexity index is 549. The summed E-state index contributed by atoms with van der Waals surface area (Å²) in [6.45, 7) is 2.52. The number of ether oxygens (including phenoxy) is 1. The molecule has 0 bridgehead atoms. The zero-order valence-electron chi connectivity index (χ0n) is 11.4. The predicted octanol–water partition coefficient (Wildman–Crippen LogP) is 2.43. The van der Waals surface area contributed by atoms with Crippen LogP contribution in [0.1, 0.15) is 49.1 Å². The highest BCUT2D eigenvalue weighted by molar-refractivity contribution is 5.22. The highest BCUT2D eigenvalue weighted by Gasteiger charge is 2.34. The molecule has 1 saturated carbocycles.